The maximum Gasteiger partial charge on any atom is 0.328 e. The summed E-state index contributed by atoms with van der Waals surface area (Å²) in [5.41, 5.74) is 11.2. The van der Waals surface area contributed by atoms with Gasteiger partial charge in [-0.2, -0.15) is 0 Å². The van der Waals surface area contributed by atoms with Gasteiger partial charge in [0.05, 0.1) is 18.2 Å². The molecular weight excluding hydrogens is 478 g/mol. The summed E-state index contributed by atoms with van der Waals surface area (Å²) in [6.07, 6.45) is -3.33. The molecule has 4 amide bonds. The van der Waals surface area contributed by atoms with E-state index >= 15 is 0 Å². The number of aliphatic hydroxyl groups is 2. The predicted molar refractivity (Wildman–Crippen MR) is 125 cm³/mol. The quantitative estimate of drug-likeness (QED) is 0.121. The molecule has 1 aromatic rings. The minimum Gasteiger partial charge on any atom is -0.508 e. The molecular formula is C22H33N5O9. The number of nitrogens with two attached hydrogens (primary N) is 2. The number of benzene rings is 1. The molecule has 0 radical (unpaired) electrons. The van der Waals surface area contributed by atoms with Gasteiger partial charge in [-0.05, 0) is 38.0 Å². The third-order valence-corrected chi connectivity index (χ3v) is 5.16. The van der Waals surface area contributed by atoms with Gasteiger partial charge in [-0.1, -0.05) is 12.1 Å². The molecule has 1 aromatic carbocycles. The number of aliphatic carboxylic acids is 1. The average Bonchev–Trinajstić information content (AvgIpc) is 2.79. The van der Waals surface area contributed by atoms with Crippen LogP contribution >= 0.6 is 0 Å². The lowest BCUT2D eigenvalue weighted by Gasteiger charge is -2.27. The first-order chi connectivity index (χ1) is 16.7. The number of primary amides is 1. The fourth-order valence-electron chi connectivity index (χ4n) is 3.08. The second-order valence-electron chi connectivity index (χ2n) is 8.34. The fraction of sp³-hybridized carbons (Fsp3) is 0.500. The van der Waals surface area contributed by atoms with E-state index < -0.39 is 66.0 Å². The molecule has 36 heavy (non-hydrogen) atoms. The summed E-state index contributed by atoms with van der Waals surface area (Å²) >= 11 is 0. The molecule has 0 heterocycles. The lowest BCUT2D eigenvalue weighted by atomic mass is 10.0. The van der Waals surface area contributed by atoms with E-state index in [1.807, 2.05) is 0 Å². The smallest absolute Gasteiger partial charge is 0.328 e. The van der Waals surface area contributed by atoms with Crippen molar-refractivity contribution in [2.24, 2.45) is 11.5 Å². The Morgan fingerprint density at radius 1 is 0.861 bits per heavy atom. The van der Waals surface area contributed by atoms with E-state index in [0.717, 1.165) is 6.92 Å². The first-order valence-corrected chi connectivity index (χ1v) is 11.0. The topological polar surface area (TPSA) is 254 Å². The molecule has 6 atom stereocenters. The average molecular weight is 512 g/mol. The number of phenolic OH excluding ortho intramolecular Hbond substituents is 1. The number of aliphatic hydroxyl groups excluding tert-OH is 2. The van der Waals surface area contributed by atoms with Crippen LogP contribution in [0.2, 0.25) is 0 Å². The van der Waals surface area contributed by atoms with Crippen molar-refractivity contribution in [2.75, 3.05) is 0 Å². The lowest BCUT2D eigenvalue weighted by molar-refractivity contribution is -0.145. The van der Waals surface area contributed by atoms with E-state index in [2.05, 4.69) is 16.0 Å². The number of phenols is 1. The molecule has 0 aliphatic carbocycles. The second kappa shape index (κ2) is 14.0. The normalized spacial score (nSPS) is 15.9. The highest BCUT2D eigenvalue weighted by molar-refractivity contribution is 5.94. The molecule has 0 aromatic heterocycles. The van der Waals surface area contributed by atoms with Crippen LogP contribution in [0.3, 0.4) is 0 Å². The Bertz CT molecular complexity index is 936. The summed E-state index contributed by atoms with van der Waals surface area (Å²) in [6.45, 7) is 2.37. The zero-order valence-corrected chi connectivity index (χ0v) is 19.9. The Morgan fingerprint density at radius 3 is 1.86 bits per heavy atom. The van der Waals surface area contributed by atoms with Crippen molar-refractivity contribution in [2.45, 2.75) is 69.5 Å². The summed E-state index contributed by atoms with van der Waals surface area (Å²) < 4.78 is 0. The summed E-state index contributed by atoms with van der Waals surface area (Å²) in [6, 6.07) is -0.211. The maximum absolute atomic E-state index is 12.9. The Hall–Kier alpha value is -3.75. The molecule has 1 rings (SSSR count). The van der Waals surface area contributed by atoms with Gasteiger partial charge in [-0.25, -0.2) is 4.79 Å². The third-order valence-electron chi connectivity index (χ3n) is 5.16. The number of hydrogen-bond donors (Lipinski definition) is 9. The van der Waals surface area contributed by atoms with Gasteiger partial charge in [0.2, 0.25) is 23.6 Å². The monoisotopic (exact) mass is 511 g/mol. The fourth-order valence-corrected chi connectivity index (χ4v) is 3.08. The van der Waals surface area contributed by atoms with Crippen LogP contribution in [0.1, 0.15) is 32.3 Å². The zero-order chi connectivity index (χ0) is 27.6. The molecule has 0 saturated carbocycles. The van der Waals surface area contributed by atoms with Gasteiger partial charge < -0.3 is 47.8 Å². The number of carbonyl (C=O) groups excluding carboxylic acids is 4. The molecule has 200 valence electrons. The van der Waals surface area contributed by atoms with Gasteiger partial charge in [0, 0.05) is 12.8 Å². The van der Waals surface area contributed by atoms with E-state index in [1.54, 1.807) is 0 Å². The largest absolute Gasteiger partial charge is 0.508 e. The molecule has 0 aliphatic rings. The third kappa shape index (κ3) is 9.85. The molecule has 0 aliphatic heterocycles. The predicted octanol–water partition coefficient (Wildman–Crippen LogP) is -3.17. The van der Waals surface area contributed by atoms with Crippen molar-refractivity contribution in [3.8, 4) is 5.75 Å². The number of aromatic hydroxyl groups is 1. The van der Waals surface area contributed by atoms with Crippen molar-refractivity contribution >= 4 is 29.6 Å². The summed E-state index contributed by atoms with van der Waals surface area (Å²) in [5, 5.41) is 45.2. The number of rotatable bonds is 14. The van der Waals surface area contributed by atoms with Crippen LogP contribution in [0.25, 0.3) is 0 Å². The highest BCUT2D eigenvalue weighted by Gasteiger charge is 2.33. The first-order valence-electron chi connectivity index (χ1n) is 11.0. The molecule has 11 N–H and O–H groups in total. The van der Waals surface area contributed by atoms with Crippen LogP contribution in [0.4, 0.5) is 0 Å². The van der Waals surface area contributed by atoms with Gasteiger partial charge >= 0.3 is 5.97 Å². The number of carbonyl (C=O) groups is 5. The van der Waals surface area contributed by atoms with Gasteiger partial charge in [-0.3, -0.25) is 19.2 Å². The van der Waals surface area contributed by atoms with E-state index in [-0.39, 0.29) is 25.0 Å². The van der Waals surface area contributed by atoms with Crippen molar-refractivity contribution < 1.29 is 44.4 Å². The first kappa shape index (κ1) is 30.3. The number of hydrogen-bond acceptors (Lipinski definition) is 9. The Labute approximate surface area is 207 Å². The number of amides is 4. The standard InChI is InChI=1S/C22H33N5O9/c1-10(28)17(26-19(32)14(23)7-8-16(24)31)21(34)25-15(9-12-3-5-13(30)6-4-12)20(33)27-18(11(2)29)22(35)36/h3-6,10-11,14-15,17-18,28-30H,7-9,23H2,1-2H3,(H2,24,31)(H,25,34)(H,26,32)(H,27,33)(H,35,36). The van der Waals surface area contributed by atoms with Crippen molar-refractivity contribution in [1.29, 1.82) is 0 Å². The van der Waals surface area contributed by atoms with E-state index in [9.17, 15) is 44.4 Å². The van der Waals surface area contributed by atoms with Crippen LogP contribution in [0.5, 0.6) is 5.75 Å². The lowest BCUT2D eigenvalue weighted by Crippen LogP contribution is -2.60. The summed E-state index contributed by atoms with van der Waals surface area (Å²) in [7, 11) is 0. The Morgan fingerprint density at radius 2 is 1.39 bits per heavy atom. The van der Waals surface area contributed by atoms with Crippen LogP contribution in [-0.4, -0.2) is 86.4 Å². The van der Waals surface area contributed by atoms with Crippen molar-refractivity contribution in [3.63, 3.8) is 0 Å². The highest BCUT2D eigenvalue weighted by atomic mass is 16.4. The molecule has 0 saturated heterocycles. The minimum atomic E-state index is -1.67. The molecule has 14 nitrogen and oxygen atoms in total. The number of nitrogens with one attached hydrogen (secondary N) is 3. The van der Waals surface area contributed by atoms with Gasteiger partial charge in [-0.15, -0.1) is 0 Å². The van der Waals surface area contributed by atoms with Gasteiger partial charge in [0.15, 0.2) is 6.04 Å². The number of carboxylic acid groups (broad SMARTS) is 1. The SMILES string of the molecule is CC(O)C(NC(=O)C(Cc1ccc(O)cc1)NC(=O)C(NC(=O)C(N)CCC(N)=O)C(C)O)C(=O)O. The van der Waals surface area contributed by atoms with Crippen LogP contribution in [-0.2, 0) is 30.4 Å². The van der Waals surface area contributed by atoms with Crippen LogP contribution < -0.4 is 27.4 Å². The number of carboxylic acids is 1. The van der Waals surface area contributed by atoms with E-state index in [0.29, 0.717) is 5.56 Å². The van der Waals surface area contributed by atoms with E-state index in [1.165, 1.54) is 31.2 Å². The summed E-state index contributed by atoms with van der Waals surface area (Å²) in [4.78, 5) is 60.4. The van der Waals surface area contributed by atoms with Crippen LogP contribution in [0.15, 0.2) is 24.3 Å². The maximum atomic E-state index is 12.9. The molecule has 6 unspecified atom stereocenters. The van der Waals surface area contributed by atoms with Crippen molar-refractivity contribution in [3.05, 3.63) is 29.8 Å². The molecule has 0 spiro atoms. The Balaban J connectivity index is 3.10. The van der Waals surface area contributed by atoms with Crippen LogP contribution in [0, 0.1) is 0 Å². The molecule has 0 fully saturated rings. The van der Waals surface area contributed by atoms with Gasteiger partial charge in [0.1, 0.15) is 17.8 Å². The molecule has 0 bridgehead atoms. The highest BCUT2D eigenvalue weighted by Crippen LogP contribution is 2.12. The van der Waals surface area contributed by atoms with Gasteiger partial charge in [0.25, 0.3) is 0 Å². The minimum absolute atomic E-state index is 0.0478. The second-order valence-corrected chi connectivity index (χ2v) is 8.34. The van der Waals surface area contributed by atoms with Crippen molar-refractivity contribution in [1.82, 2.24) is 16.0 Å². The zero-order valence-electron chi connectivity index (χ0n) is 19.9. The Kier molecular flexibility index (Phi) is 11.7. The van der Waals surface area contributed by atoms with E-state index in [4.69, 9.17) is 11.5 Å². The molecule has 14 heteroatoms. The summed E-state index contributed by atoms with van der Waals surface area (Å²) in [5.74, 6) is -5.03.